The van der Waals surface area contributed by atoms with Crippen molar-refractivity contribution in [3.8, 4) is 17.2 Å². The summed E-state index contributed by atoms with van der Waals surface area (Å²) in [6.45, 7) is 20.3. The lowest BCUT2D eigenvalue weighted by Crippen LogP contribution is -2.65. The first kappa shape index (κ1) is 42.1. The topological polar surface area (TPSA) is 126 Å². The minimum absolute atomic E-state index is 0.0151. The normalized spacial score (nSPS) is 21.8. The number of aromatic nitrogens is 3. The van der Waals surface area contributed by atoms with Crippen molar-refractivity contribution in [1.82, 2.24) is 34.6 Å². The van der Waals surface area contributed by atoms with Gasteiger partial charge in [0.25, 0.3) is 5.91 Å². The van der Waals surface area contributed by atoms with Crippen LogP contribution in [0.5, 0.6) is 17.2 Å². The molecule has 3 saturated heterocycles. The third-order valence-corrected chi connectivity index (χ3v) is 12.7. The first-order valence-electron chi connectivity index (χ1n) is 21.8. The third kappa shape index (κ3) is 9.18. The lowest BCUT2D eigenvalue weighted by Gasteiger charge is -2.59. The fourth-order valence-electron chi connectivity index (χ4n) is 9.74. The largest absolute Gasteiger partial charge is 0.490 e. The zero-order chi connectivity index (χ0) is 42.2. The predicted molar refractivity (Wildman–Crippen MR) is 224 cm³/mol. The van der Waals surface area contributed by atoms with E-state index in [1.54, 1.807) is 16.0 Å². The van der Waals surface area contributed by atoms with Gasteiger partial charge in [-0.15, -0.1) is 0 Å². The Morgan fingerprint density at radius 1 is 1.05 bits per heavy atom. The zero-order valence-corrected chi connectivity index (χ0v) is 36.1. The number of amides is 2. The summed E-state index contributed by atoms with van der Waals surface area (Å²) in [4.78, 5) is 50.5. The van der Waals surface area contributed by atoms with Crippen molar-refractivity contribution in [2.45, 2.75) is 110 Å². The van der Waals surface area contributed by atoms with Crippen LogP contribution in [0.1, 0.15) is 88.8 Å². The molecule has 1 aliphatic carbocycles. The summed E-state index contributed by atoms with van der Waals surface area (Å²) < 4.78 is 39.2. The molecule has 0 radical (unpaired) electrons. The lowest BCUT2D eigenvalue weighted by molar-refractivity contribution is -0.104. The molecule has 2 atom stereocenters. The van der Waals surface area contributed by atoms with E-state index in [0.717, 1.165) is 89.4 Å². The van der Waals surface area contributed by atoms with Gasteiger partial charge >= 0.3 is 6.09 Å². The first-order valence-corrected chi connectivity index (χ1v) is 21.8. The van der Waals surface area contributed by atoms with E-state index in [9.17, 15) is 14.0 Å². The fraction of sp³-hybridized carbons (Fsp3) is 0.622. The van der Waals surface area contributed by atoms with Gasteiger partial charge in [0.05, 0.1) is 31.0 Å². The van der Waals surface area contributed by atoms with E-state index >= 15 is 0 Å². The molecular formula is C45H61FN8O6. The number of benzene rings is 1. The molecule has 6 heterocycles. The summed E-state index contributed by atoms with van der Waals surface area (Å²) >= 11 is 0. The van der Waals surface area contributed by atoms with Crippen molar-refractivity contribution >= 4 is 17.8 Å². The molecule has 2 aromatic heterocycles. The van der Waals surface area contributed by atoms with Crippen LogP contribution in [0.15, 0.2) is 43.0 Å². The van der Waals surface area contributed by atoms with Crippen LogP contribution in [0.2, 0.25) is 0 Å². The summed E-state index contributed by atoms with van der Waals surface area (Å²) in [5.41, 5.74) is 2.13. The molecule has 4 fully saturated rings. The summed E-state index contributed by atoms with van der Waals surface area (Å²) in [6, 6.07) is 6.33. The van der Waals surface area contributed by atoms with Crippen molar-refractivity contribution in [3.05, 3.63) is 65.6 Å². The second-order valence-electron chi connectivity index (χ2n) is 18.5. The molecule has 324 valence electrons. The maximum Gasteiger partial charge on any atom is 0.410 e. The number of fused-ring (bicyclic) bond motifs is 2. The molecule has 3 aromatic rings. The van der Waals surface area contributed by atoms with Gasteiger partial charge in [0, 0.05) is 87.2 Å². The number of anilines is 1. The van der Waals surface area contributed by atoms with Gasteiger partial charge < -0.3 is 33.6 Å². The van der Waals surface area contributed by atoms with Crippen molar-refractivity contribution in [3.63, 3.8) is 0 Å². The van der Waals surface area contributed by atoms with Gasteiger partial charge in [-0.3, -0.25) is 19.6 Å². The summed E-state index contributed by atoms with van der Waals surface area (Å²) in [5.74, 6) is 1.51. The van der Waals surface area contributed by atoms with Gasteiger partial charge in [0.2, 0.25) is 0 Å². The molecule has 8 rings (SSSR count). The Hall–Kier alpha value is -4.60. The molecule has 2 amide bonds. The molecular weight excluding hydrogens is 768 g/mol. The van der Waals surface area contributed by atoms with Gasteiger partial charge in [0.1, 0.15) is 35.3 Å². The molecule has 5 aliphatic rings. The van der Waals surface area contributed by atoms with Crippen LogP contribution in [0.4, 0.5) is 15.0 Å². The van der Waals surface area contributed by atoms with Crippen molar-refractivity contribution in [2.75, 3.05) is 70.4 Å². The van der Waals surface area contributed by atoms with Crippen LogP contribution in [-0.4, -0.2) is 142 Å². The number of nitrogens with zero attached hydrogens (tertiary/aromatic N) is 8. The standard InChI is InChI=1S/C45H61FN8O6/c1-7-54(30(2)3)42(55)33-21-31(46)9-10-37(33)59-39-24-47-29-49-41(39)53-27-45(28-53)22-32(23-45)58-38-11-14-48-35-12-17-50(25-34(35)38)15-8-16-51-19-20-57-40-26-52(18-13-36(40)51)43(56)60-44(4,5)6/h9-11,14,21,24,29-30,32,36,40H,7-8,12-13,15-20,22-23,25-28H2,1-6H3/t36-,40-/m0/s1. The lowest BCUT2D eigenvalue weighted by atomic mass is 9.61. The van der Waals surface area contributed by atoms with Gasteiger partial charge in [-0.05, 0) is 105 Å². The number of carbonyl (C=O) groups is 2. The Kier molecular flexibility index (Phi) is 12.2. The van der Waals surface area contributed by atoms with Crippen LogP contribution < -0.4 is 14.4 Å². The smallest absolute Gasteiger partial charge is 0.410 e. The highest BCUT2D eigenvalue weighted by Gasteiger charge is 2.54. The number of hydrogen-bond acceptors (Lipinski definition) is 12. The van der Waals surface area contributed by atoms with Gasteiger partial charge in [-0.25, -0.2) is 19.2 Å². The number of carbonyl (C=O) groups excluding carboxylic acids is 2. The summed E-state index contributed by atoms with van der Waals surface area (Å²) in [5, 5.41) is 0. The average molecular weight is 829 g/mol. The van der Waals surface area contributed by atoms with Crippen LogP contribution in [-0.2, 0) is 22.4 Å². The van der Waals surface area contributed by atoms with E-state index in [-0.39, 0.29) is 47.0 Å². The second kappa shape index (κ2) is 17.4. The molecule has 1 saturated carbocycles. The molecule has 0 unspecified atom stereocenters. The minimum atomic E-state index is -0.511. The highest BCUT2D eigenvalue weighted by Crippen LogP contribution is 2.52. The third-order valence-electron chi connectivity index (χ3n) is 12.7. The predicted octanol–water partition coefficient (Wildman–Crippen LogP) is 6.18. The zero-order valence-electron chi connectivity index (χ0n) is 36.1. The molecule has 0 N–H and O–H groups in total. The number of rotatable bonds is 12. The van der Waals surface area contributed by atoms with Gasteiger partial charge in [-0.2, -0.15) is 0 Å². The number of piperidine rings is 1. The maximum absolute atomic E-state index is 14.4. The monoisotopic (exact) mass is 828 g/mol. The summed E-state index contributed by atoms with van der Waals surface area (Å²) in [7, 11) is 0. The maximum atomic E-state index is 14.4. The Bertz CT molecular complexity index is 2020. The number of pyridine rings is 1. The molecule has 1 aromatic carbocycles. The van der Waals surface area contributed by atoms with Crippen LogP contribution in [0, 0.1) is 11.2 Å². The van der Waals surface area contributed by atoms with Crippen LogP contribution >= 0.6 is 0 Å². The molecule has 14 nitrogen and oxygen atoms in total. The highest BCUT2D eigenvalue weighted by atomic mass is 19.1. The van der Waals surface area contributed by atoms with Crippen molar-refractivity contribution in [2.24, 2.45) is 5.41 Å². The van der Waals surface area contributed by atoms with Crippen molar-refractivity contribution in [1.29, 1.82) is 0 Å². The number of halogens is 1. The Labute approximate surface area is 353 Å². The van der Waals surface area contributed by atoms with E-state index in [1.807, 2.05) is 53.8 Å². The van der Waals surface area contributed by atoms with E-state index in [0.29, 0.717) is 43.9 Å². The SMILES string of the molecule is CCN(C(=O)c1cc(F)ccc1Oc1cncnc1N1CC2(CC(Oc3ccnc4c3CN(CCCN3CCO[C@H]5CN(C(=O)OC(C)(C)C)CC[C@@H]53)CC4)C2)C1)C(C)C. The first-order chi connectivity index (χ1) is 28.8. The molecule has 4 aliphatic heterocycles. The number of likely N-dealkylation sites (tertiary alicyclic amines) is 1. The molecule has 15 heteroatoms. The second-order valence-corrected chi connectivity index (χ2v) is 18.5. The molecule has 60 heavy (non-hydrogen) atoms. The van der Waals surface area contributed by atoms with E-state index in [2.05, 4.69) is 24.7 Å². The number of hydrogen-bond donors (Lipinski definition) is 0. The number of ether oxygens (including phenoxy) is 4. The Balaban J connectivity index is 0.821. The molecule has 1 spiro atoms. The Morgan fingerprint density at radius 3 is 2.63 bits per heavy atom. The van der Waals surface area contributed by atoms with Crippen molar-refractivity contribution < 1.29 is 32.9 Å². The molecule has 0 bridgehead atoms. The van der Waals surface area contributed by atoms with Crippen LogP contribution in [0.3, 0.4) is 0 Å². The fourth-order valence-corrected chi connectivity index (χ4v) is 9.74. The highest BCUT2D eigenvalue weighted by molar-refractivity contribution is 5.97. The van der Waals surface area contributed by atoms with Gasteiger partial charge in [-0.1, -0.05) is 0 Å². The number of morpholine rings is 1. The average Bonchev–Trinajstić information content (AvgIpc) is 3.18. The quantitative estimate of drug-likeness (QED) is 0.207. The van der Waals surface area contributed by atoms with E-state index < -0.39 is 11.4 Å². The Morgan fingerprint density at radius 2 is 1.87 bits per heavy atom. The summed E-state index contributed by atoms with van der Waals surface area (Å²) in [6.07, 6.45) is 9.62. The minimum Gasteiger partial charge on any atom is -0.490 e. The van der Waals surface area contributed by atoms with E-state index in [1.165, 1.54) is 30.1 Å². The van der Waals surface area contributed by atoms with Gasteiger partial charge in [0.15, 0.2) is 11.6 Å². The van der Waals surface area contributed by atoms with E-state index in [4.69, 9.17) is 23.9 Å². The van der Waals surface area contributed by atoms with Crippen LogP contribution in [0.25, 0.3) is 0 Å².